The number of hydrogen-bond acceptors (Lipinski definition) is 5. The summed E-state index contributed by atoms with van der Waals surface area (Å²) in [7, 11) is 0. The lowest BCUT2D eigenvalue weighted by Crippen LogP contribution is -2.45. The first-order valence-electron chi connectivity index (χ1n) is 26.1. The molecule has 6 nitrogen and oxygen atoms in total. The second-order valence-corrected chi connectivity index (χ2v) is 17.9. The van der Waals surface area contributed by atoms with Gasteiger partial charge in [0.1, 0.15) is 0 Å². The van der Waals surface area contributed by atoms with Crippen molar-refractivity contribution in [1.29, 1.82) is 0 Å². The summed E-state index contributed by atoms with van der Waals surface area (Å²) in [6.45, 7) is 4.83. The maximum Gasteiger partial charge on any atom is 0.305 e. The van der Waals surface area contributed by atoms with Gasteiger partial charge in [0.05, 0.1) is 25.4 Å². The average molecular weight is 832 g/mol. The lowest BCUT2D eigenvalue weighted by atomic mass is 10.0. The fourth-order valence-electron chi connectivity index (χ4n) is 7.92. The maximum absolute atomic E-state index is 12.4. The van der Waals surface area contributed by atoms with Gasteiger partial charge >= 0.3 is 5.97 Å². The molecule has 0 rings (SSSR count). The van der Waals surface area contributed by atoms with Crippen molar-refractivity contribution in [1.82, 2.24) is 5.32 Å². The highest BCUT2D eigenvalue weighted by atomic mass is 16.5. The number of nitrogens with one attached hydrogen (secondary N) is 1. The first kappa shape index (κ1) is 57.3. The van der Waals surface area contributed by atoms with Crippen molar-refractivity contribution in [3.05, 3.63) is 24.3 Å². The van der Waals surface area contributed by atoms with Gasteiger partial charge < -0.3 is 20.3 Å². The Labute approximate surface area is 367 Å². The molecule has 0 radical (unpaired) electrons. The van der Waals surface area contributed by atoms with E-state index >= 15 is 0 Å². The number of unbranched alkanes of at least 4 members (excludes halogenated alkanes) is 35. The SMILES string of the molecule is CCCCCCCCCCCCCCCCCCC/C=C/C(O)C(CO)NC(=O)CCCCCCC/C=C\CCCCOC(=O)CCCCCCCCCCCCCC. The van der Waals surface area contributed by atoms with Gasteiger partial charge in [0.25, 0.3) is 0 Å². The van der Waals surface area contributed by atoms with Crippen LogP contribution in [0.3, 0.4) is 0 Å². The first-order chi connectivity index (χ1) is 29.0. The summed E-state index contributed by atoms with van der Waals surface area (Å²) in [5, 5.41) is 23.1. The normalized spacial score (nSPS) is 12.8. The molecule has 0 heterocycles. The molecule has 0 aromatic rings. The monoisotopic (exact) mass is 832 g/mol. The van der Waals surface area contributed by atoms with E-state index in [-0.39, 0.29) is 18.5 Å². The van der Waals surface area contributed by atoms with Crippen molar-refractivity contribution in [2.24, 2.45) is 0 Å². The maximum atomic E-state index is 12.4. The topological polar surface area (TPSA) is 95.9 Å². The number of amides is 1. The molecule has 0 aliphatic carbocycles. The Balaban J connectivity index is 3.56. The zero-order valence-electron chi connectivity index (χ0n) is 39.5. The number of aliphatic hydroxyl groups excluding tert-OH is 2. The minimum Gasteiger partial charge on any atom is -0.466 e. The van der Waals surface area contributed by atoms with Gasteiger partial charge in [-0.2, -0.15) is 0 Å². The van der Waals surface area contributed by atoms with Crippen molar-refractivity contribution in [3.8, 4) is 0 Å². The van der Waals surface area contributed by atoms with E-state index in [2.05, 4.69) is 31.3 Å². The van der Waals surface area contributed by atoms with Crippen molar-refractivity contribution in [3.63, 3.8) is 0 Å². The zero-order valence-corrected chi connectivity index (χ0v) is 39.5. The molecule has 0 fully saturated rings. The standard InChI is InChI=1S/C53H101NO5/c1-3-5-7-9-11-13-15-17-18-19-20-21-22-23-25-29-33-37-41-45-51(56)50(49-55)54-52(57)46-42-38-34-30-26-24-28-32-36-40-44-48-59-53(58)47-43-39-35-31-27-16-14-12-10-8-6-4-2/h28,32,41,45,50-51,55-56H,3-27,29-31,33-40,42-44,46-49H2,1-2H3,(H,54,57)/b32-28-,45-41+. The highest BCUT2D eigenvalue weighted by Crippen LogP contribution is 2.16. The van der Waals surface area contributed by atoms with Crippen LogP contribution in [0.25, 0.3) is 0 Å². The van der Waals surface area contributed by atoms with Gasteiger partial charge in [0.15, 0.2) is 0 Å². The highest BCUT2D eigenvalue weighted by molar-refractivity contribution is 5.76. The van der Waals surface area contributed by atoms with Crippen molar-refractivity contribution < 1.29 is 24.5 Å². The summed E-state index contributed by atoms with van der Waals surface area (Å²) in [6.07, 6.45) is 57.5. The number of carbonyl (C=O) groups is 2. The molecule has 2 atom stereocenters. The molecule has 348 valence electrons. The van der Waals surface area contributed by atoms with Crippen LogP contribution in [0.1, 0.15) is 277 Å². The van der Waals surface area contributed by atoms with E-state index in [4.69, 9.17) is 4.74 Å². The van der Waals surface area contributed by atoms with Crippen LogP contribution in [-0.4, -0.2) is 47.4 Å². The lowest BCUT2D eigenvalue weighted by Gasteiger charge is -2.20. The Morgan fingerprint density at radius 3 is 1.20 bits per heavy atom. The fraction of sp³-hybridized carbons (Fsp3) is 0.887. The highest BCUT2D eigenvalue weighted by Gasteiger charge is 2.18. The van der Waals surface area contributed by atoms with E-state index in [0.717, 1.165) is 83.5 Å². The molecule has 0 saturated heterocycles. The van der Waals surface area contributed by atoms with Crippen molar-refractivity contribution >= 4 is 11.9 Å². The van der Waals surface area contributed by atoms with Gasteiger partial charge in [-0.15, -0.1) is 0 Å². The second kappa shape index (κ2) is 49.0. The quantitative estimate of drug-likeness (QED) is 0.0322. The third kappa shape index (κ3) is 45.7. The molecule has 2 unspecified atom stereocenters. The predicted molar refractivity (Wildman–Crippen MR) is 255 cm³/mol. The fourth-order valence-corrected chi connectivity index (χ4v) is 7.92. The molecule has 0 saturated carbocycles. The Bertz CT molecular complexity index is 920. The molecule has 0 aliphatic heterocycles. The summed E-state index contributed by atoms with van der Waals surface area (Å²) >= 11 is 0. The molecule has 0 spiro atoms. The molecule has 59 heavy (non-hydrogen) atoms. The zero-order chi connectivity index (χ0) is 43.0. The number of allylic oxidation sites excluding steroid dienone is 3. The van der Waals surface area contributed by atoms with E-state index in [9.17, 15) is 19.8 Å². The van der Waals surface area contributed by atoms with Crippen LogP contribution in [-0.2, 0) is 14.3 Å². The minimum atomic E-state index is -0.862. The first-order valence-corrected chi connectivity index (χ1v) is 26.1. The van der Waals surface area contributed by atoms with Crippen molar-refractivity contribution in [2.75, 3.05) is 13.2 Å². The summed E-state index contributed by atoms with van der Waals surface area (Å²) in [5.41, 5.74) is 0. The molecule has 0 aromatic heterocycles. The lowest BCUT2D eigenvalue weighted by molar-refractivity contribution is -0.143. The third-order valence-corrected chi connectivity index (χ3v) is 12.0. The largest absolute Gasteiger partial charge is 0.466 e. The Morgan fingerprint density at radius 1 is 0.458 bits per heavy atom. The number of ether oxygens (including phenoxy) is 1. The van der Waals surface area contributed by atoms with Crippen LogP contribution >= 0.6 is 0 Å². The molecular formula is C53H101NO5. The molecule has 0 aliphatic rings. The van der Waals surface area contributed by atoms with Gasteiger partial charge in [0.2, 0.25) is 5.91 Å². The van der Waals surface area contributed by atoms with Crippen LogP contribution in [0.15, 0.2) is 24.3 Å². The second-order valence-electron chi connectivity index (χ2n) is 17.9. The Morgan fingerprint density at radius 2 is 0.797 bits per heavy atom. The minimum absolute atomic E-state index is 0.0323. The van der Waals surface area contributed by atoms with E-state index in [1.54, 1.807) is 6.08 Å². The van der Waals surface area contributed by atoms with Gasteiger partial charge in [-0.25, -0.2) is 0 Å². The van der Waals surface area contributed by atoms with Crippen LogP contribution in [0.4, 0.5) is 0 Å². The molecular weight excluding hydrogens is 731 g/mol. The van der Waals surface area contributed by atoms with Crippen LogP contribution in [0.2, 0.25) is 0 Å². The summed E-state index contributed by atoms with van der Waals surface area (Å²) in [5.74, 6) is -0.128. The molecule has 0 bridgehead atoms. The third-order valence-electron chi connectivity index (χ3n) is 12.0. The predicted octanol–water partition coefficient (Wildman–Crippen LogP) is 15.5. The van der Waals surface area contributed by atoms with Crippen LogP contribution in [0.5, 0.6) is 0 Å². The number of aliphatic hydroxyl groups is 2. The van der Waals surface area contributed by atoms with Crippen LogP contribution in [0, 0.1) is 0 Å². The number of esters is 1. The van der Waals surface area contributed by atoms with Gasteiger partial charge in [-0.1, -0.05) is 231 Å². The number of rotatable bonds is 48. The van der Waals surface area contributed by atoms with E-state index in [1.165, 1.54) is 167 Å². The smallest absolute Gasteiger partial charge is 0.305 e. The summed E-state index contributed by atoms with van der Waals surface area (Å²) < 4.78 is 5.42. The Hall–Kier alpha value is -1.66. The molecule has 3 N–H and O–H groups in total. The van der Waals surface area contributed by atoms with Gasteiger partial charge in [0, 0.05) is 12.8 Å². The molecule has 0 aromatic carbocycles. The van der Waals surface area contributed by atoms with Crippen LogP contribution < -0.4 is 5.32 Å². The number of hydrogen-bond donors (Lipinski definition) is 3. The van der Waals surface area contributed by atoms with E-state index < -0.39 is 12.1 Å². The summed E-state index contributed by atoms with van der Waals surface area (Å²) in [4.78, 5) is 24.4. The summed E-state index contributed by atoms with van der Waals surface area (Å²) in [6, 6.07) is -0.648. The van der Waals surface area contributed by atoms with Gasteiger partial charge in [-0.3, -0.25) is 9.59 Å². The number of carbonyl (C=O) groups excluding carboxylic acids is 2. The average Bonchev–Trinajstić information content (AvgIpc) is 3.24. The molecule has 6 heteroatoms. The van der Waals surface area contributed by atoms with E-state index in [0.29, 0.717) is 19.4 Å². The Kier molecular flexibility index (Phi) is 47.6. The molecule has 1 amide bonds. The van der Waals surface area contributed by atoms with Crippen molar-refractivity contribution in [2.45, 2.75) is 289 Å². The van der Waals surface area contributed by atoms with E-state index in [1.807, 2.05) is 6.08 Å². The van der Waals surface area contributed by atoms with Gasteiger partial charge in [-0.05, 0) is 57.8 Å².